The molecule has 0 unspecified atom stereocenters. The van der Waals surface area contributed by atoms with Gasteiger partial charge in [-0.1, -0.05) is 35.3 Å². The van der Waals surface area contributed by atoms with Crippen molar-refractivity contribution in [1.82, 2.24) is 9.78 Å². The summed E-state index contributed by atoms with van der Waals surface area (Å²) in [6, 6.07) is 10.1. The highest BCUT2D eigenvalue weighted by atomic mass is 79.9. The summed E-state index contributed by atoms with van der Waals surface area (Å²) >= 11 is 20.9. The average Bonchev–Trinajstić information content (AvgIpc) is 2.94. The molecule has 2 N–H and O–H groups in total. The second-order valence-electron chi connectivity index (χ2n) is 5.77. The van der Waals surface area contributed by atoms with Gasteiger partial charge in [0.05, 0.1) is 11.0 Å². The summed E-state index contributed by atoms with van der Waals surface area (Å²) in [6.07, 6.45) is 1.72. The van der Waals surface area contributed by atoms with Crippen LogP contribution in [0.25, 0.3) is 0 Å². The van der Waals surface area contributed by atoms with Crippen LogP contribution >= 0.6 is 51.3 Å². The Morgan fingerprint density at radius 1 is 1.22 bits per heavy atom. The fourth-order valence-electron chi connectivity index (χ4n) is 2.35. The fraction of sp³-hybridized carbons (Fsp3) is 0.111. The zero-order chi connectivity index (χ0) is 19.6. The largest absolute Gasteiger partial charge is 0.332 e. The molecular weight excluding hydrogens is 474 g/mol. The third-order valence-electron chi connectivity index (χ3n) is 3.76. The van der Waals surface area contributed by atoms with Gasteiger partial charge in [-0.2, -0.15) is 5.10 Å². The topological polar surface area (TPSA) is 41.9 Å². The Hall–Kier alpha value is -1.67. The highest BCUT2D eigenvalue weighted by molar-refractivity contribution is 9.10. The van der Waals surface area contributed by atoms with Crippen LogP contribution in [0.3, 0.4) is 0 Å². The molecule has 9 heteroatoms. The maximum Gasteiger partial charge on any atom is 0.176 e. The molecule has 3 aromatic rings. The van der Waals surface area contributed by atoms with Gasteiger partial charge in [0.2, 0.25) is 0 Å². The van der Waals surface area contributed by atoms with Crippen LogP contribution in [0.5, 0.6) is 0 Å². The zero-order valence-corrected chi connectivity index (χ0v) is 18.0. The monoisotopic (exact) mass is 486 g/mol. The second kappa shape index (κ2) is 8.56. The Morgan fingerprint density at radius 2 is 2.00 bits per heavy atom. The van der Waals surface area contributed by atoms with Crippen LogP contribution in [0.15, 0.2) is 47.1 Å². The summed E-state index contributed by atoms with van der Waals surface area (Å²) in [6.45, 7) is 2.12. The number of nitrogens with one attached hydrogen (secondary N) is 2. The van der Waals surface area contributed by atoms with Crippen molar-refractivity contribution < 1.29 is 4.39 Å². The van der Waals surface area contributed by atoms with Crippen molar-refractivity contribution in [1.29, 1.82) is 0 Å². The summed E-state index contributed by atoms with van der Waals surface area (Å²) in [5.74, 6) is 0.121. The molecule has 140 valence electrons. The van der Waals surface area contributed by atoms with E-state index in [4.69, 9.17) is 35.4 Å². The molecule has 1 aromatic heterocycles. The van der Waals surface area contributed by atoms with Crippen LogP contribution in [0.1, 0.15) is 11.1 Å². The Kier molecular flexibility index (Phi) is 6.37. The number of benzene rings is 2. The van der Waals surface area contributed by atoms with E-state index in [2.05, 4.69) is 31.7 Å². The van der Waals surface area contributed by atoms with Crippen molar-refractivity contribution in [2.75, 3.05) is 10.6 Å². The first-order chi connectivity index (χ1) is 12.8. The Balaban J connectivity index is 1.71. The molecule has 0 fully saturated rings. The third-order valence-corrected chi connectivity index (χ3v) is 5.31. The van der Waals surface area contributed by atoms with Crippen molar-refractivity contribution in [3.05, 3.63) is 74.1 Å². The minimum absolute atomic E-state index is 0.194. The van der Waals surface area contributed by atoms with E-state index in [1.165, 1.54) is 6.07 Å². The fourth-order valence-corrected chi connectivity index (χ4v) is 3.38. The highest BCUT2D eigenvalue weighted by Gasteiger charge is 2.12. The Labute approximate surface area is 179 Å². The molecule has 4 nitrogen and oxygen atoms in total. The van der Waals surface area contributed by atoms with E-state index in [1.54, 1.807) is 29.1 Å². The van der Waals surface area contributed by atoms with Crippen LogP contribution in [0.4, 0.5) is 15.9 Å². The molecule has 0 bridgehead atoms. The number of aromatic nitrogens is 2. The summed E-state index contributed by atoms with van der Waals surface area (Å²) in [5.41, 5.74) is 2.11. The van der Waals surface area contributed by atoms with Crippen molar-refractivity contribution in [2.45, 2.75) is 13.5 Å². The van der Waals surface area contributed by atoms with Crippen molar-refractivity contribution >= 4 is 68.0 Å². The molecule has 0 atom stereocenters. The molecule has 2 aromatic carbocycles. The van der Waals surface area contributed by atoms with Crippen LogP contribution in [0, 0.1) is 12.7 Å². The van der Waals surface area contributed by atoms with Gasteiger partial charge in [0.15, 0.2) is 10.9 Å². The highest BCUT2D eigenvalue weighted by Crippen LogP contribution is 2.25. The maximum atomic E-state index is 14.0. The van der Waals surface area contributed by atoms with Gasteiger partial charge in [-0.25, -0.2) is 4.39 Å². The van der Waals surface area contributed by atoms with Gasteiger partial charge in [0.25, 0.3) is 0 Å². The molecule has 0 amide bonds. The summed E-state index contributed by atoms with van der Waals surface area (Å²) in [4.78, 5) is 0. The smallest absolute Gasteiger partial charge is 0.176 e. The minimum Gasteiger partial charge on any atom is -0.332 e. The van der Waals surface area contributed by atoms with E-state index >= 15 is 0 Å². The van der Waals surface area contributed by atoms with E-state index in [0.717, 1.165) is 11.3 Å². The predicted molar refractivity (Wildman–Crippen MR) is 116 cm³/mol. The first-order valence-electron chi connectivity index (χ1n) is 7.83. The van der Waals surface area contributed by atoms with E-state index in [0.29, 0.717) is 31.0 Å². The van der Waals surface area contributed by atoms with E-state index in [9.17, 15) is 4.39 Å². The molecule has 0 spiro atoms. The molecule has 0 radical (unpaired) electrons. The quantitative estimate of drug-likeness (QED) is 0.426. The average molecular weight is 488 g/mol. The molecule has 0 saturated carbocycles. The van der Waals surface area contributed by atoms with Gasteiger partial charge in [-0.3, -0.25) is 4.68 Å². The number of aryl methyl sites for hydroxylation is 1. The predicted octanol–water partition coefficient (Wildman–Crippen LogP) is 6.26. The van der Waals surface area contributed by atoms with E-state index in [-0.39, 0.29) is 12.4 Å². The third kappa shape index (κ3) is 4.99. The number of halogens is 4. The lowest BCUT2D eigenvalue weighted by Gasteiger charge is -2.10. The Bertz CT molecular complexity index is 989. The lowest BCUT2D eigenvalue weighted by molar-refractivity contribution is 0.586. The summed E-state index contributed by atoms with van der Waals surface area (Å²) in [7, 11) is 0. The van der Waals surface area contributed by atoms with Crippen molar-refractivity contribution in [3.63, 3.8) is 0 Å². The van der Waals surface area contributed by atoms with Crippen LogP contribution in [-0.2, 0) is 6.54 Å². The normalized spacial score (nSPS) is 10.7. The van der Waals surface area contributed by atoms with Crippen LogP contribution in [0.2, 0.25) is 10.0 Å². The van der Waals surface area contributed by atoms with Gasteiger partial charge < -0.3 is 10.6 Å². The van der Waals surface area contributed by atoms with Gasteiger partial charge in [0, 0.05) is 27.5 Å². The number of hydrogen-bond donors (Lipinski definition) is 2. The first kappa shape index (κ1) is 20.1. The SMILES string of the molecule is Cc1ccc(NC(=S)Nc2nn(Cc3c(F)cccc3Cl)cc2Br)cc1Cl. The van der Waals surface area contributed by atoms with Crippen molar-refractivity contribution in [2.24, 2.45) is 0 Å². The summed E-state index contributed by atoms with van der Waals surface area (Å²) in [5, 5.41) is 11.8. The van der Waals surface area contributed by atoms with Crippen LogP contribution in [-0.4, -0.2) is 14.9 Å². The van der Waals surface area contributed by atoms with Gasteiger partial charge in [-0.05, 0) is 64.9 Å². The molecule has 0 saturated heterocycles. The Morgan fingerprint density at radius 3 is 2.70 bits per heavy atom. The molecule has 0 aliphatic heterocycles. The second-order valence-corrected chi connectivity index (χ2v) is 7.84. The summed E-state index contributed by atoms with van der Waals surface area (Å²) < 4.78 is 16.2. The van der Waals surface area contributed by atoms with Crippen LogP contribution < -0.4 is 10.6 Å². The van der Waals surface area contributed by atoms with E-state index in [1.807, 2.05) is 19.1 Å². The molecule has 0 aliphatic rings. The van der Waals surface area contributed by atoms with Gasteiger partial charge in [-0.15, -0.1) is 0 Å². The van der Waals surface area contributed by atoms with Crippen molar-refractivity contribution in [3.8, 4) is 0 Å². The standard InChI is InChI=1S/C18H14BrCl2FN4S/c1-10-5-6-11(7-15(10)21)23-18(27)24-17-13(19)9-26(25-17)8-12-14(20)3-2-4-16(12)22/h2-7,9H,8H2,1H3,(H2,23,24,25,27). The first-order valence-corrected chi connectivity index (χ1v) is 9.79. The van der Waals surface area contributed by atoms with E-state index < -0.39 is 0 Å². The number of rotatable bonds is 4. The number of thiocarbonyl (C=S) groups is 1. The minimum atomic E-state index is -0.378. The number of hydrogen-bond acceptors (Lipinski definition) is 2. The molecule has 1 heterocycles. The van der Waals surface area contributed by atoms with Gasteiger partial charge in [0.1, 0.15) is 5.82 Å². The molecule has 0 aliphatic carbocycles. The maximum absolute atomic E-state index is 14.0. The number of anilines is 2. The lowest BCUT2D eigenvalue weighted by Crippen LogP contribution is -2.19. The zero-order valence-electron chi connectivity index (χ0n) is 14.1. The lowest BCUT2D eigenvalue weighted by atomic mass is 10.2. The molecular formula is C18H14BrCl2FN4S. The number of nitrogens with zero attached hydrogens (tertiary/aromatic N) is 2. The van der Waals surface area contributed by atoms with Gasteiger partial charge >= 0.3 is 0 Å². The molecule has 3 rings (SSSR count). The molecule has 27 heavy (non-hydrogen) atoms.